The highest BCUT2D eigenvalue weighted by Gasteiger charge is 2.19. The van der Waals surface area contributed by atoms with E-state index >= 15 is 0 Å². The van der Waals surface area contributed by atoms with E-state index in [0.717, 1.165) is 11.1 Å². The van der Waals surface area contributed by atoms with Crippen LogP contribution in [-0.2, 0) is 0 Å². The van der Waals surface area contributed by atoms with Crippen LogP contribution < -0.4 is 5.32 Å². The SMILES string of the molecule is CNC(c1cc(C)c(C)s1)c1c(C)cc(F)cc1C. The third kappa shape index (κ3) is 2.72. The van der Waals surface area contributed by atoms with E-state index in [9.17, 15) is 4.39 Å². The van der Waals surface area contributed by atoms with E-state index in [-0.39, 0.29) is 11.9 Å². The third-order valence-corrected chi connectivity index (χ3v) is 4.82. The fourth-order valence-electron chi connectivity index (χ4n) is 2.55. The molecular formula is C16H20FNS. The molecule has 0 aliphatic heterocycles. The number of hydrogen-bond acceptors (Lipinski definition) is 2. The molecule has 0 radical (unpaired) electrons. The van der Waals surface area contributed by atoms with Crippen LogP contribution in [0.2, 0.25) is 0 Å². The van der Waals surface area contributed by atoms with E-state index in [0.29, 0.717) is 0 Å². The molecule has 3 heteroatoms. The van der Waals surface area contributed by atoms with Gasteiger partial charge in [-0.05, 0) is 75.2 Å². The zero-order valence-electron chi connectivity index (χ0n) is 12.1. The maximum Gasteiger partial charge on any atom is 0.123 e. The van der Waals surface area contributed by atoms with Crippen LogP contribution in [0.15, 0.2) is 18.2 Å². The number of benzene rings is 1. The average Bonchev–Trinajstić information content (AvgIpc) is 2.63. The van der Waals surface area contributed by atoms with Gasteiger partial charge in [0, 0.05) is 9.75 Å². The molecule has 0 bridgehead atoms. The van der Waals surface area contributed by atoms with Gasteiger partial charge in [-0.15, -0.1) is 11.3 Å². The Labute approximate surface area is 118 Å². The van der Waals surface area contributed by atoms with Crippen LogP contribution in [0.1, 0.15) is 38.0 Å². The van der Waals surface area contributed by atoms with Crippen molar-refractivity contribution in [3.8, 4) is 0 Å². The van der Waals surface area contributed by atoms with Crippen molar-refractivity contribution in [1.82, 2.24) is 5.32 Å². The summed E-state index contributed by atoms with van der Waals surface area (Å²) in [6, 6.07) is 5.58. The summed E-state index contributed by atoms with van der Waals surface area (Å²) in [5, 5.41) is 3.36. The molecule has 1 aromatic carbocycles. The second-order valence-corrected chi connectivity index (χ2v) is 6.35. The lowest BCUT2D eigenvalue weighted by molar-refractivity contribution is 0.619. The Bertz CT molecular complexity index is 558. The predicted octanol–water partition coefficient (Wildman–Crippen LogP) is 4.43. The first-order valence-electron chi connectivity index (χ1n) is 6.45. The highest BCUT2D eigenvalue weighted by atomic mass is 32.1. The van der Waals surface area contributed by atoms with Crippen molar-refractivity contribution in [3.05, 3.63) is 56.0 Å². The lowest BCUT2D eigenvalue weighted by atomic mass is 9.94. The van der Waals surface area contributed by atoms with Gasteiger partial charge in [-0.1, -0.05) is 0 Å². The van der Waals surface area contributed by atoms with E-state index in [4.69, 9.17) is 0 Å². The van der Waals surface area contributed by atoms with Gasteiger partial charge < -0.3 is 5.32 Å². The van der Waals surface area contributed by atoms with E-state index in [1.165, 1.54) is 20.9 Å². The Balaban J connectivity index is 2.54. The molecular weight excluding hydrogens is 257 g/mol. The molecule has 0 aliphatic carbocycles. The van der Waals surface area contributed by atoms with Gasteiger partial charge in [-0.25, -0.2) is 4.39 Å². The van der Waals surface area contributed by atoms with Crippen LogP contribution in [0.3, 0.4) is 0 Å². The van der Waals surface area contributed by atoms with Gasteiger partial charge in [0.05, 0.1) is 6.04 Å². The van der Waals surface area contributed by atoms with Crippen molar-refractivity contribution in [1.29, 1.82) is 0 Å². The van der Waals surface area contributed by atoms with Gasteiger partial charge in [0.15, 0.2) is 0 Å². The quantitative estimate of drug-likeness (QED) is 0.875. The largest absolute Gasteiger partial charge is 0.309 e. The molecule has 0 fully saturated rings. The van der Waals surface area contributed by atoms with Gasteiger partial charge in [0.25, 0.3) is 0 Å². The van der Waals surface area contributed by atoms with Crippen molar-refractivity contribution in [3.63, 3.8) is 0 Å². The van der Waals surface area contributed by atoms with E-state index in [1.807, 2.05) is 32.2 Å². The normalized spacial score (nSPS) is 12.7. The first kappa shape index (κ1) is 14.2. The summed E-state index contributed by atoms with van der Waals surface area (Å²) in [5.41, 5.74) is 4.50. The van der Waals surface area contributed by atoms with Gasteiger partial charge >= 0.3 is 0 Å². The fraction of sp³-hybridized carbons (Fsp3) is 0.375. The van der Waals surface area contributed by atoms with Crippen molar-refractivity contribution in [2.75, 3.05) is 7.05 Å². The standard InChI is InChI=1S/C16H20FNS/c1-9-8-14(19-12(9)4)16(18-5)15-10(2)6-13(17)7-11(15)3/h6-8,16,18H,1-5H3. The lowest BCUT2D eigenvalue weighted by Gasteiger charge is -2.20. The summed E-state index contributed by atoms with van der Waals surface area (Å²) in [6.45, 7) is 8.22. The summed E-state index contributed by atoms with van der Waals surface area (Å²) in [6.07, 6.45) is 0. The van der Waals surface area contributed by atoms with Crippen LogP contribution in [-0.4, -0.2) is 7.05 Å². The van der Waals surface area contributed by atoms with Crippen LogP contribution in [0.25, 0.3) is 0 Å². The first-order chi connectivity index (χ1) is 8.93. The van der Waals surface area contributed by atoms with Crippen molar-refractivity contribution >= 4 is 11.3 Å². The molecule has 0 spiro atoms. The van der Waals surface area contributed by atoms with Crippen molar-refractivity contribution < 1.29 is 4.39 Å². The molecule has 102 valence electrons. The summed E-state index contributed by atoms with van der Waals surface area (Å²) in [7, 11) is 1.96. The molecule has 0 aliphatic rings. The van der Waals surface area contributed by atoms with Crippen LogP contribution in [0.4, 0.5) is 4.39 Å². The Morgan fingerprint density at radius 3 is 2.00 bits per heavy atom. The summed E-state index contributed by atoms with van der Waals surface area (Å²) in [4.78, 5) is 2.63. The Morgan fingerprint density at radius 2 is 1.58 bits per heavy atom. The zero-order chi connectivity index (χ0) is 14.2. The minimum Gasteiger partial charge on any atom is -0.309 e. The number of thiophene rings is 1. The molecule has 2 rings (SSSR count). The molecule has 1 aromatic heterocycles. The maximum absolute atomic E-state index is 13.4. The lowest BCUT2D eigenvalue weighted by Crippen LogP contribution is -2.19. The zero-order valence-corrected chi connectivity index (χ0v) is 12.9. The molecule has 1 N–H and O–H groups in total. The van der Waals surface area contributed by atoms with Gasteiger partial charge in [0.1, 0.15) is 5.82 Å². The number of hydrogen-bond donors (Lipinski definition) is 1. The van der Waals surface area contributed by atoms with E-state index < -0.39 is 0 Å². The second-order valence-electron chi connectivity index (χ2n) is 5.06. The summed E-state index contributed by atoms with van der Waals surface area (Å²) in [5.74, 6) is -0.160. The topological polar surface area (TPSA) is 12.0 Å². The Kier molecular flexibility index (Phi) is 4.07. The molecule has 19 heavy (non-hydrogen) atoms. The van der Waals surface area contributed by atoms with E-state index in [2.05, 4.69) is 25.2 Å². The van der Waals surface area contributed by atoms with Gasteiger partial charge in [-0.2, -0.15) is 0 Å². The molecule has 0 saturated heterocycles. The van der Waals surface area contributed by atoms with Gasteiger partial charge in [-0.3, -0.25) is 0 Å². The van der Waals surface area contributed by atoms with E-state index in [1.54, 1.807) is 12.1 Å². The van der Waals surface area contributed by atoms with Crippen LogP contribution in [0.5, 0.6) is 0 Å². The number of aryl methyl sites for hydroxylation is 4. The molecule has 1 atom stereocenters. The molecule has 0 saturated carbocycles. The predicted molar refractivity (Wildman–Crippen MR) is 80.6 cm³/mol. The number of rotatable bonds is 3. The average molecular weight is 277 g/mol. The second kappa shape index (κ2) is 5.43. The summed E-state index contributed by atoms with van der Waals surface area (Å²) >= 11 is 1.81. The minimum absolute atomic E-state index is 0.137. The maximum atomic E-state index is 13.4. The van der Waals surface area contributed by atoms with Crippen molar-refractivity contribution in [2.24, 2.45) is 0 Å². The molecule has 0 amide bonds. The fourth-order valence-corrected chi connectivity index (χ4v) is 3.71. The monoisotopic (exact) mass is 277 g/mol. The molecule has 1 nitrogen and oxygen atoms in total. The molecule has 1 heterocycles. The van der Waals surface area contributed by atoms with Crippen LogP contribution >= 0.6 is 11.3 Å². The van der Waals surface area contributed by atoms with Crippen molar-refractivity contribution in [2.45, 2.75) is 33.7 Å². The van der Waals surface area contributed by atoms with Crippen LogP contribution in [0, 0.1) is 33.5 Å². The minimum atomic E-state index is -0.160. The number of nitrogens with one attached hydrogen (secondary N) is 1. The third-order valence-electron chi connectivity index (χ3n) is 3.61. The smallest absolute Gasteiger partial charge is 0.123 e. The van der Waals surface area contributed by atoms with Gasteiger partial charge in [0.2, 0.25) is 0 Å². The highest BCUT2D eigenvalue weighted by molar-refractivity contribution is 7.12. The molecule has 2 aromatic rings. The Hall–Kier alpha value is -1.19. The number of halogens is 1. The first-order valence-corrected chi connectivity index (χ1v) is 7.26. The highest BCUT2D eigenvalue weighted by Crippen LogP contribution is 2.33. The Morgan fingerprint density at radius 1 is 1.00 bits per heavy atom. The molecule has 1 unspecified atom stereocenters. The summed E-state index contributed by atoms with van der Waals surface area (Å²) < 4.78 is 13.4.